The van der Waals surface area contributed by atoms with E-state index in [9.17, 15) is 9.59 Å². The summed E-state index contributed by atoms with van der Waals surface area (Å²) in [5, 5.41) is 1.00. The van der Waals surface area contributed by atoms with E-state index in [4.69, 9.17) is 16.0 Å². The van der Waals surface area contributed by atoms with Crippen LogP contribution in [0.1, 0.15) is 16.1 Å². The lowest BCUT2D eigenvalue weighted by atomic mass is 10.2. The van der Waals surface area contributed by atoms with Crippen LogP contribution in [0.2, 0.25) is 5.02 Å². The predicted molar refractivity (Wildman–Crippen MR) is 109 cm³/mol. The molecular weight excluding hydrogens is 376 g/mol. The van der Waals surface area contributed by atoms with Gasteiger partial charge in [0, 0.05) is 17.3 Å². The van der Waals surface area contributed by atoms with E-state index < -0.39 is 5.91 Å². The number of halogens is 1. The first-order chi connectivity index (χ1) is 13.6. The number of anilines is 1. The summed E-state index contributed by atoms with van der Waals surface area (Å²) in [6.45, 7) is 0.229. The van der Waals surface area contributed by atoms with Crippen LogP contribution in [-0.4, -0.2) is 10.9 Å². The summed E-state index contributed by atoms with van der Waals surface area (Å²) in [6, 6.07) is 20.6. The molecule has 0 spiro atoms. The first-order valence-corrected chi connectivity index (χ1v) is 9.00. The van der Waals surface area contributed by atoms with E-state index in [-0.39, 0.29) is 17.7 Å². The summed E-state index contributed by atoms with van der Waals surface area (Å²) in [7, 11) is 0. The van der Waals surface area contributed by atoms with Gasteiger partial charge in [0.05, 0.1) is 11.9 Å². The maximum absolute atomic E-state index is 13.3. The van der Waals surface area contributed by atoms with Crippen molar-refractivity contribution in [3.63, 3.8) is 0 Å². The number of nitrogens with zero attached hydrogens (tertiary/aromatic N) is 2. The van der Waals surface area contributed by atoms with Crippen molar-refractivity contribution in [1.82, 2.24) is 4.98 Å². The number of rotatable bonds is 4. The molecule has 0 aliphatic carbocycles. The number of para-hydroxylation sites is 1. The molecule has 0 saturated heterocycles. The third-order valence-electron chi connectivity index (χ3n) is 4.25. The quantitative estimate of drug-likeness (QED) is 0.507. The van der Waals surface area contributed by atoms with E-state index in [1.807, 2.05) is 12.1 Å². The predicted octanol–water partition coefficient (Wildman–Crippen LogP) is 4.69. The number of hydrogen-bond acceptors (Lipinski definition) is 4. The SMILES string of the molecule is O=C(c1cc(=O)c2ccccc2o1)N(Cc1cccc(Cl)c1)c1ccccn1. The molecule has 5 nitrogen and oxygen atoms in total. The van der Waals surface area contributed by atoms with Crippen molar-refractivity contribution in [3.05, 3.63) is 106 Å². The number of carbonyl (C=O) groups is 1. The van der Waals surface area contributed by atoms with E-state index >= 15 is 0 Å². The van der Waals surface area contributed by atoms with Gasteiger partial charge in [0.25, 0.3) is 5.91 Å². The second-order valence-corrected chi connectivity index (χ2v) is 6.62. The molecule has 138 valence electrons. The van der Waals surface area contributed by atoms with E-state index in [0.717, 1.165) is 5.56 Å². The second kappa shape index (κ2) is 7.66. The van der Waals surface area contributed by atoms with Crippen molar-refractivity contribution < 1.29 is 9.21 Å². The Morgan fingerprint density at radius 2 is 1.82 bits per heavy atom. The summed E-state index contributed by atoms with van der Waals surface area (Å²) in [5.74, 6) is -0.0545. The topological polar surface area (TPSA) is 63.4 Å². The fourth-order valence-corrected chi connectivity index (χ4v) is 3.14. The number of pyridine rings is 1. The van der Waals surface area contributed by atoms with Crippen LogP contribution in [-0.2, 0) is 6.54 Å². The van der Waals surface area contributed by atoms with Gasteiger partial charge in [0.15, 0.2) is 11.2 Å². The van der Waals surface area contributed by atoms with Gasteiger partial charge in [0.1, 0.15) is 11.4 Å². The van der Waals surface area contributed by atoms with Gasteiger partial charge in [0.2, 0.25) is 0 Å². The first-order valence-electron chi connectivity index (χ1n) is 8.62. The van der Waals surface area contributed by atoms with E-state index in [1.54, 1.807) is 60.8 Å². The van der Waals surface area contributed by atoms with E-state index in [1.165, 1.54) is 11.0 Å². The lowest BCUT2D eigenvalue weighted by molar-refractivity contribution is 0.0958. The molecule has 0 radical (unpaired) electrons. The smallest absolute Gasteiger partial charge is 0.295 e. The Labute approximate surface area is 165 Å². The zero-order valence-corrected chi connectivity index (χ0v) is 15.5. The second-order valence-electron chi connectivity index (χ2n) is 6.18. The lowest BCUT2D eigenvalue weighted by Crippen LogP contribution is -2.31. The van der Waals surface area contributed by atoms with Crippen LogP contribution < -0.4 is 10.3 Å². The van der Waals surface area contributed by atoms with Gasteiger partial charge >= 0.3 is 0 Å². The van der Waals surface area contributed by atoms with Crippen molar-refractivity contribution in [2.45, 2.75) is 6.54 Å². The summed E-state index contributed by atoms with van der Waals surface area (Å²) in [6.07, 6.45) is 1.60. The van der Waals surface area contributed by atoms with Gasteiger partial charge in [-0.3, -0.25) is 14.5 Å². The summed E-state index contributed by atoms with van der Waals surface area (Å²) >= 11 is 6.08. The molecule has 28 heavy (non-hydrogen) atoms. The number of amides is 1. The maximum Gasteiger partial charge on any atom is 0.295 e. The number of aromatic nitrogens is 1. The Hall–Kier alpha value is -3.44. The van der Waals surface area contributed by atoms with Gasteiger partial charge in [-0.15, -0.1) is 0 Å². The highest BCUT2D eigenvalue weighted by atomic mass is 35.5. The van der Waals surface area contributed by atoms with Crippen molar-refractivity contribution in [1.29, 1.82) is 0 Å². The van der Waals surface area contributed by atoms with Gasteiger partial charge < -0.3 is 4.42 Å². The highest BCUT2D eigenvalue weighted by molar-refractivity contribution is 6.30. The molecule has 2 aromatic heterocycles. The Kier molecular flexibility index (Phi) is 4.91. The summed E-state index contributed by atoms with van der Waals surface area (Å²) in [5.41, 5.74) is 0.922. The number of hydrogen-bond donors (Lipinski definition) is 0. The molecule has 0 N–H and O–H groups in total. The molecule has 6 heteroatoms. The minimum Gasteiger partial charge on any atom is -0.451 e. The van der Waals surface area contributed by atoms with Gasteiger partial charge in [-0.05, 0) is 42.0 Å². The number of fused-ring (bicyclic) bond motifs is 1. The van der Waals surface area contributed by atoms with Crippen LogP contribution in [0.3, 0.4) is 0 Å². The average molecular weight is 391 g/mol. The van der Waals surface area contributed by atoms with Crippen molar-refractivity contribution >= 4 is 34.3 Å². The van der Waals surface area contributed by atoms with Gasteiger partial charge in [-0.25, -0.2) is 4.98 Å². The third-order valence-corrected chi connectivity index (χ3v) is 4.48. The van der Waals surface area contributed by atoms with Crippen LogP contribution in [0, 0.1) is 0 Å². The van der Waals surface area contributed by atoms with Crippen LogP contribution in [0.25, 0.3) is 11.0 Å². The summed E-state index contributed by atoms with van der Waals surface area (Å²) < 4.78 is 5.72. The highest BCUT2D eigenvalue weighted by Crippen LogP contribution is 2.21. The van der Waals surface area contributed by atoms with Crippen molar-refractivity contribution in [2.75, 3.05) is 4.90 Å². The molecule has 4 aromatic rings. The average Bonchev–Trinajstić information content (AvgIpc) is 2.72. The third kappa shape index (κ3) is 3.66. The van der Waals surface area contributed by atoms with Crippen LogP contribution >= 0.6 is 11.6 Å². The molecule has 0 fully saturated rings. The van der Waals surface area contributed by atoms with Gasteiger partial charge in [-0.1, -0.05) is 41.9 Å². The maximum atomic E-state index is 13.3. The van der Waals surface area contributed by atoms with E-state index in [2.05, 4.69) is 4.98 Å². The molecule has 0 aliphatic heterocycles. The van der Waals surface area contributed by atoms with Gasteiger partial charge in [-0.2, -0.15) is 0 Å². The Morgan fingerprint density at radius 3 is 2.61 bits per heavy atom. The Bertz CT molecular complexity index is 1210. The summed E-state index contributed by atoms with van der Waals surface area (Å²) in [4.78, 5) is 31.4. The normalized spacial score (nSPS) is 10.8. The molecule has 2 heterocycles. The zero-order valence-electron chi connectivity index (χ0n) is 14.7. The molecule has 0 unspecified atom stereocenters. The lowest BCUT2D eigenvalue weighted by Gasteiger charge is -2.21. The van der Waals surface area contributed by atoms with Crippen molar-refractivity contribution in [2.24, 2.45) is 0 Å². The van der Waals surface area contributed by atoms with Crippen molar-refractivity contribution in [3.8, 4) is 0 Å². The molecule has 0 atom stereocenters. The van der Waals surface area contributed by atoms with Crippen LogP contribution in [0.5, 0.6) is 0 Å². The highest BCUT2D eigenvalue weighted by Gasteiger charge is 2.22. The molecule has 2 aromatic carbocycles. The molecular formula is C22H15ClN2O3. The zero-order chi connectivity index (χ0) is 19.5. The minimum atomic E-state index is -0.457. The molecule has 0 aliphatic rings. The minimum absolute atomic E-state index is 0.0450. The standard InChI is InChI=1S/C22H15ClN2O3/c23-16-7-5-6-15(12-16)14-25(21-10-3-4-11-24-21)22(27)20-13-18(26)17-8-1-2-9-19(17)28-20/h1-13H,14H2. The molecule has 1 amide bonds. The number of benzene rings is 2. The Morgan fingerprint density at radius 1 is 1.00 bits per heavy atom. The molecule has 0 saturated carbocycles. The first kappa shape index (κ1) is 17.9. The number of carbonyl (C=O) groups excluding carboxylic acids is 1. The van der Waals surface area contributed by atoms with E-state index in [0.29, 0.717) is 21.8 Å². The largest absolute Gasteiger partial charge is 0.451 e. The van der Waals surface area contributed by atoms with Crippen LogP contribution in [0.15, 0.2) is 88.2 Å². The monoisotopic (exact) mass is 390 g/mol. The Balaban J connectivity index is 1.78. The molecule has 0 bridgehead atoms. The van der Waals surface area contributed by atoms with Crippen LogP contribution in [0.4, 0.5) is 5.82 Å². The fraction of sp³-hybridized carbons (Fsp3) is 0.0455. The fourth-order valence-electron chi connectivity index (χ4n) is 2.93. The molecule has 4 rings (SSSR count).